The highest BCUT2D eigenvalue weighted by Gasteiger charge is 2.51. The highest BCUT2D eigenvalue weighted by Crippen LogP contribution is 2.47. The van der Waals surface area contributed by atoms with Crippen molar-refractivity contribution < 1.29 is 53.9 Å². The Morgan fingerprint density at radius 1 is 0.400 bits per heavy atom. The van der Waals surface area contributed by atoms with Crippen LogP contribution in [0.2, 0.25) is 0 Å². The van der Waals surface area contributed by atoms with Crippen LogP contribution in [0.25, 0.3) is 0 Å². The SMILES string of the molecule is CCCCCCCCCCCCCCCCCCCCCCCCCCCCCCCCCCCCC(=O)N[C@@H](COP(=O)(O)OC1C(O)C(O)C(O)[C@@H](O)C1O)[C@H](O)CCCCCCCCCCCCCCCC. The Morgan fingerprint density at radius 3 is 0.920 bits per heavy atom. The van der Waals surface area contributed by atoms with Crippen molar-refractivity contribution in [2.75, 3.05) is 6.61 Å². The summed E-state index contributed by atoms with van der Waals surface area (Å²) in [6, 6.07) is -1.03. The lowest BCUT2D eigenvalue weighted by molar-refractivity contribution is -0.220. The first-order valence-electron chi connectivity index (χ1n) is 32.5. The molecule has 75 heavy (non-hydrogen) atoms. The fourth-order valence-electron chi connectivity index (χ4n) is 11.0. The van der Waals surface area contributed by atoms with Crippen LogP contribution in [0, 0.1) is 0 Å². The van der Waals surface area contributed by atoms with Crippen LogP contribution < -0.4 is 5.32 Å². The summed E-state index contributed by atoms with van der Waals surface area (Å²) in [5.74, 6) is -0.299. The lowest BCUT2D eigenvalue weighted by Gasteiger charge is -2.41. The average Bonchev–Trinajstić information content (AvgIpc) is 3.40. The summed E-state index contributed by atoms with van der Waals surface area (Å²) >= 11 is 0. The van der Waals surface area contributed by atoms with E-state index < -0.39 is 63.2 Å². The van der Waals surface area contributed by atoms with E-state index in [9.17, 15) is 44.9 Å². The van der Waals surface area contributed by atoms with Gasteiger partial charge in [0.25, 0.3) is 0 Å². The molecule has 1 amide bonds. The Hall–Kier alpha value is -0.660. The Morgan fingerprint density at radius 2 is 0.640 bits per heavy atom. The van der Waals surface area contributed by atoms with E-state index in [0.29, 0.717) is 19.3 Å². The van der Waals surface area contributed by atoms with Crippen molar-refractivity contribution in [3.63, 3.8) is 0 Å². The highest BCUT2D eigenvalue weighted by atomic mass is 31.2. The normalized spacial score (nSPS) is 20.6. The predicted octanol–water partition coefficient (Wildman–Crippen LogP) is 15.7. The fraction of sp³-hybridized carbons (Fsp3) is 0.984. The molecule has 0 aromatic rings. The van der Waals surface area contributed by atoms with Crippen LogP contribution in [0.1, 0.15) is 335 Å². The summed E-state index contributed by atoms with van der Waals surface area (Å²) in [6.45, 7) is 3.95. The van der Waals surface area contributed by atoms with Crippen LogP contribution in [0.5, 0.6) is 0 Å². The van der Waals surface area contributed by atoms with Crippen LogP contribution in [0.4, 0.5) is 0 Å². The van der Waals surface area contributed by atoms with Crippen molar-refractivity contribution in [3.8, 4) is 0 Å². The van der Waals surface area contributed by atoms with Gasteiger partial charge in [0.05, 0.1) is 18.8 Å². The summed E-state index contributed by atoms with van der Waals surface area (Å²) in [5.41, 5.74) is 0. The Kier molecular flexibility index (Phi) is 49.7. The van der Waals surface area contributed by atoms with Crippen molar-refractivity contribution >= 4 is 13.7 Å². The lowest BCUT2D eigenvalue weighted by atomic mass is 9.85. The number of aliphatic hydroxyl groups is 6. The number of hydrogen-bond acceptors (Lipinski definition) is 10. The molecule has 0 saturated heterocycles. The van der Waals surface area contributed by atoms with Gasteiger partial charge in [-0.25, -0.2) is 4.57 Å². The molecule has 6 unspecified atom stereocenters. The number of carbonyl (C=O) groups is 1. The maximum absolute atomic E-state index is 13.1. The quantitative estimate of drug-likeness (QED) is 0.0212. The molecule has 0 aromatic heterocycles. The fourth-order valence-corrected chi connectivity index (χ4v) is 11.9. The number of nitrogens with one attached hydrogen (secondary N) is 1. The molecule has 0 spiro atoms. The van der Waals surface area contributed by atoms with Gasteiger partial charge in [-0.05, 0) is 12.8 Å². The van der Waals surface area contributed by atoms with Gasteiger partial charge in [-0.1, -0.05) is 316 Å². The number of rotatable bonds is 57. The van der Waals surface area contributed by atoms with E-state index in [-0.39, 0.29) is 12.3 Å². The zero-order valence-electron chi connectivity index (χ0n) is 48.9. The largest absolute Gasteiger partial charge is 0.472 e. The molecule has 1 aliphatic carbocycles. The summed E-state index contributed by atoms with van der Waals surface area (Å²) < 4.78 is 23.1. The number of phosphoric acid groups is 1. The minimum Gasteiger partial charge on any atom is -0.391 e. The zero-order valence-corrected chi connectivity index (χ0v) is 49.8. The Labute approximate surface area is 461 Å². The van der Waals surface area contributed by atoms with Gasteiger partial charge in [0.15, 0.2) is 0 Å². The van der Waals surface area contributed by atoms with Crippen molar-refractivity contribution in [2.24, 2.45) is 0 Å². The molecule has 0 radical (unpaired) electrons. The van der Waals surface area contributed by atoms with Gasteiger partial charge in [-0.3, -0.25) is 13.8 Å². The van der Waals surface area contributed by atoms with E-state index in [1.165, 1.54) is 257 Å². The molecule has 0 aliphatic heterocycles. The minimum absolute atomic E-state index is 0.244. The van der Waals surface area contributed by atoms with E-state index in [1.807, 2.05) is 0 Å². The second-order valence-corrected chi connectivity index (χ2v) is 24.7. The van der Waals surface area contributed by atoms with Crippen molar-refractivity contribution in [2.45, 2.75) is 384 Å². The molecule has 1 aliphatic rings. The molecule has 1 rings (SSSR count). The van der Waals surface area contributed by atoms with E-state index in [2.05, 4.69) is 19.2 Å². The van der Waals surface area contributed by atoms with E-state index in [1.54, 1.807) is 0 Å². The molecule has 448 valence electrons. The molecule has 0 heterocycles. The van der Waals surface area contributed by atoms with Gasteiger partial charge in [0.2, 0.25) is 5.91 Å². The van der Waals surface area contributed by atoms with Gasteiger partial charge in [-0.15, -0.1) is 0 Å². The first-order chi connectivity index (χ1) is 36.4. The van der Waals surface area contributed by atoms with Crippen LogP contribution in [-0.4, -0.2) is 96.8 Å². The monoisotopic (exact) mass is 1090 g/mol. The van der Waals surface area contributed by atoms with Crippen LogP contribution in [0.3, 0.4) is 0 Å². The number of hydrogen-bond donors (Lipinski definition) is 8. The first-order valence-corrected chi connectivity index (χ1v) is 34.0. The van der Waals surface area contributed by atoms with Gasteiger partial charge >= 0.3 is 7.82 Å². The van der Waals surface area contributed by atoms with Gasteiger partial charge in [-0.2, -0.15) is 0 Å². The minimum atomic E-state index is -5.06. The molecule has 1 saturated carbocycles. The third-order valence-corrected chi connectivity index (χ3v) is 17.2. The summed E-state index contributed by atoms with van der Waals surface area (Å²) in [5, 5.41) is 64.5. The third-order valence-electron chi connectivity index (χ3n) is 16.2. The summed E-state index contributed by atoms with van der Waals surface area (Å²) in [7, 11) is -5.06. The van der Waals surface area contributed by atoms with Crippen molar-refractivity contribution in [3.05, 3.63) is 0 Å². The Bertz CT molecular complexity index is 1270. The van der Waals surface area contributed by atoms with E-state index in [0.717, 1.165) is 38.5 Å². The van der Waals surface area contributed by atoms with Crippen LogP contribution >= 0.6 is 7.82 Å². The Balaban J connectivity index is 2.15. The second-order valence-electron chi connectivity index (χ2n) is 23.3. The maximum atomic E-state index is 13.1. The molecule has 9 atom stereocenters. The number of aliphatic hydroxyl groups excluding tert-OH is 6. The third kappa shape index (κ3) is 41.9. The average molecular weight is 1090 g/mol. The zero-order chi connectivity index (χ0) is 54.9. The number of phosphoric ester groups is 1. The molecule has 0 aromatic carbocycles. The van der Waals surface area contributed by atoms with Crippen molar-refractivity contribution in [1.82, 2.24) is 5.32 Å². The van der Waals surface area contributed by atoms with E-state index >= 15 is 0 Å². The van der Waals surface area contributed by atoms with Crippen molar-refractivity contribution in [1.29, 1.82) is 0 Å². The molecule has 8 N–H and O–H groups in total. The first kappa shape index (κ1) is 72.4. The maximum Gasteiger partial charge on any atom is 0.472 e. The molecule has 12 nitrogen and oxygen atoms in total. The number of carbonyl (C=O) groups excluding carboxylic acids is 1. The van der Waals surface area contributed by atoms with Crippen LogP contribution in [-0.2, 0) is 18.4 Å². The van der Waals surface area contributed by atoms with Crippen LogP contribution in [0.15, 0.2) is 0 Å². The van der Waals surface area contributed by atoms with Gasteiger partial charge in [0, 0.05) is 6.42 Å². The number of amides is 1. The molecule has 0 bridgehead atoms. The van der Waals surface area contributed by atoms with Gasteiger partial charge in [0.1, 0.15) is 36.6 Å². The molecule has 1 fully saturated rings. The topological polar surface area (TPSA) is 206 Å². The smallest absolute Gasteiger partial charge is 0.391 e. The summed E-state index contributed by atoms with van der Waals surface area (Å²) in [4.78, 5) is 23.6. The predicted molar refractivity (Wildman–Crippen MR) is 311 cm³/mol. The molecular formula is C62H124NO11P. The lowest BCUT2D eigenvalue weighted by Crippen LogP contribution is -2.64. The van der Waals surface area contributed by atoms with E-state index in [4.69, 9.17) is 9.05 Å². The summed E-state index contributed by atoms with van der Waals surface area (Å²) in [6.07, 6.45) is 50.4. The molecule has 13 heteroatoms. The number of unbranched alkanes of at least 4 members (excludes halogenated alkanes) is 46. The standard InChI is InChI=1S/C62H124NO11P/c1-3-5-7-9-11-13-15-17-19-20-21-22-23-24-25-26-27-28-29-30-31-32-33-34-35-36-37-38-40-42-44-46-48-50-52-56(65)63-54(53-73-75(71,72)74-62-60(69)58(67)57(66)59(68)61(62)70)55(64)51-49-47-45-43-41-39-18-16-14-12-10-8-6-4-2/h54-55,57-62,64,66-70H,3-53H2,1-2H3,(H,63,65)(H,71,72)/t54-,55+,57?,58+,59?,60?,61?,62?/m0/s1. The second kappa shape index (κ2) is 51.5. The highest BCUT2D eigenvalue weighted by molar-refractivity contribution is 7.47. The van der Waals surface area contributed by atoms with Gasteiger partial charge < -0.3 is 40.8 Å². The molecular weight excluding hydrogens is 966 g/mol.